The summed E-state index contributed by atoms with van der Waals surface area (Å²) in [4.78, 5) is 77.1. The quantitative estimate of drug-likeness (QED) is 0.0852. The molecule has 0 aliphatic carbocycles. The molecule has 18 nitrogen and oxygen atoms in total. The van der Waals surface area contributed by atoms with Crippen LogP contribution in [0.2, 0.25) is 0 Å². The lowest BCUT2D eigenvalue weighted by molar-refractivity contribution is -0.136. The van der Waals surface area contributed by atoms with E-state index in [9.17, 15) is 28.4 Å². The molecule has 0 saturated carbocycles. The van der Waals surface area contributed by atoms with Crippen LogP contribution < -0.4 is 20.3 Å². The number of ether oxygens (including phenoxy) is 4. The third-order valence-electron chi connectivity index (χ3n) is 11.1. The van der Waals surface area contributed by atoms with Gasteiger partial charge in [-0.2, -0.15) is 5.10 Å². The number of H-pyrrole nitrogens is 1. The summed E-state index contributed by atoms with van der Waals surface area (Å²) < 4.78 is 37.0. The standard InChI is InChI=1S/C44H46FN9O9/c1-60-34-7-3-5-30(45)38(34)41-47-26-32-40(49-41)39(51-50-32)27-8-10-28(11-9-27)52-16-18-53(19-17-52)36(56)14-20-61-22-24-63-25-23-62-21-15-46-31-6-2-4-29-37(31)44(59)54(43(29)58)33-12-13-35(55)48-42(33)57/h2-11,26,33,46H,12-25H2,1H3,(H,50,51)(H,48,55,57). The fourth-order valence-electron chi connectivity index (χ4n) is 7.85. The van der Waals surface area contributed by atoms with Crippen LogP contribution in [0.15, 0.2) is 66.9 Å². The Bertz CT molecular complexity index is 2510. The topological polar surface area (TPSA) is 211 Å². The van der Waals surface area contributed by atoms with Crippen molar-refractivity contribution in [2.24, 2.45) is 0 Å². The van der Waals surface area contributed by atoms with E-state index in [1.165, 1.54) is 13.2 Å². The third-order valence-corrected chi connectivity index (χ3v) is 11.1. The minimum absolute atomic E-state index is 0.0377. The number of aromatic nitrogens is 4. The molecule has 63 heavy (non-hydrogen) atoms. The Labute approximate surface area is 361 Å². The molecule has 5 aromatic rings. The largest absolute Gasteiger partial charge is 0.496 e. The highest BCUT2D eigenvalue weighted by molar-refractivity contribution is 6.25. The van der Waals surface area contributed by atoms with E-state index in [0.717, 1.165) is 16.2 Å². The van der Waals surface area contributed by atoms with Crippen LogP contribution in [0.5, 0.6) is 5.75 Å². The Morgan fingerprint density at radius 1 is 0.857 bits per heavy atom. The number of benzene rings is 3. The number of halogens is 1. The average Bonchev–Trinajstić information content (AvgIpc) is 3.84. The molecule has 328 valence electrons. The van der Waals surface area contributed by atoms with Gasteiger partial charge >= 0.3 is 0 Å². The molecule has 0 spiro atoms. The fraction of sp³-hybridized carbons (Fsp3) is 0.364. The number of amides is 5. The van der Waals surface area contributed by atoms with Crippen LogP contribution in [-0.4, -0.2) is 145 Å². The Balaban J connectivity index is 0.692. The number of piperidine rings is 1. The van der Waals surface area contributed by atoms with Crippen molar-refractivity contribution in [1.82, 2.24) is 35.3 Å². The third kappa shape index (κ3) is 9.35. The molecule has 0 bridgehead atoms. The van der Waals surface area contributed by atoms with E-state index >= 15 is 0 Å². The molecule has 3 aliphatic rings. The van der Waals surface area contributed by atoms with Crippen molar-refractivity contribution in [2.45, 2.75) is 25.3 Å². The van der Waals surface area contributed by atoms with Gasteiger partial charge < -0.3 is 34.1 Å². The summed E-state index contributed by atoms with van der Waals surface area (Å²) in [5.74, 6) is -2.12. The van der Waals surface area contributed by atoms with Gasteiger partial charge in [0.15, 0.2) is 5.82 Å². The lowest BCUT2D eigenvalue weighted by Gasteiger charge is -2.36. The van der Waals surface area contributed by atoms with Crippen molar-refractivity contribution >= 4 is 51.9 Å². The highest BCUT2D eigenvalue weighted by atomic mass is 19.1. The summed E-state index contributed by atoms with van der Waals surface area (Å²) in [5.41, 5.74) is 4.70. The SMILES string of the molecule is COc1cccc(F)c1-c1ncc2[nH]nc(-c3ccc(N4CCN(C(=O)CCOCCOCCOCCNc5cccc6c5C(=O)N(C5CCC(=O)NC5=O)C6=O)CC4)cc3)c2n1. The Kier molecular flexibility index (Phi) is 13.2. The van der Waals surface area contributed by atoms with Crippen LogP contribution in [0.25, 0.3) is 33.7 Å². The van der Waals surface area contributed by atoms with E-state index in [4.69, 9.17) is 18.9 Å². The number of methoxy groups -OCH3 is 1. The van der Waals surface area contributed by atoms with Crippen molar-refractivity contribution in [3.05, 3.63) is 83.8 Å². The summed E-state index contributed by atoms with van der Waals surface area (Å²) in [5, 5.41) is 12.8. The molecule has 3 aromatic carbocycles. The number of anilines is 2. The number of carbonyl (C=O) groups excluding carboxylic acids is 5. The second-order valence-electron chi connectivity index (χ2n) is 14.9. The molecular weight excluding hydrogens is 818 g/mol. The van der Waals surface area contributed by atoms with Crippen LogP contribution in [0.4, 0.5) is 15.8 Å². The molecule has 5 heterocycles. The number of nitrogens with zero attached hydrogens (tertiary/aromatic N) is 6. The lowest BCUT2D eigenvalue weighted by atomic mass is 10.0. The predicted octanol–water partition coefficient (Wildman–Crippen LogP) is 3.44. The van der Waals surface area contributed by atoms with Gasteiger partial charge in [0.25, 0.3) is 11.8 Å². The predicted molar refractivity (Wildman–Crippen MR) is 227 cm³/mol. The van der Waals surface area contributed by atoms with Crippen molar-refractivity contribution in [3.8, 4) is 28.4 Å². The summed E-state index contributed by atoms with van der Waals surface area (Å²) in [6.07, 6.45) is 2.00. The van der Waals surface area contributed by atoms with Crippen LogP contribution in [0, 0.1) is 5.82 Å². The molecule has 0 radical (unpaired) electrons. The first kappa shape index (κ1) is 42.8. The monoisotopic (exact) mass is 863 g/mol. The number of hydrogen-bond acceptors (Lipinski definition) is 14. The Hall–Kier alpha value is -6.83. The summed E-state index contributed by atoms with van der Waals surface area (Å²) in [6.45, 7) is 4.86. The first-order chi connectivity index (χ1) is 30.7. The van der Waals surface area contributed by atoms with E-state index < -0.39 is 35.5 Å². The zero-order chi connectivity index (χ0) is 43.9. The molecule has 19 heteroatoms. The van der Waals surface area contributed by atoms with E-state index in [1.54, 1.807) is 36.5 Å². The number of aromatic amines is 1. The number of rotatable bonds is 18. The minimum Gasteiger partial charge on any atom is -0.496 e. The van der Waals surface area contributed by atoms with Gasteiger partial charge in [0, 0.05) is 56.1 Å². The van der Waals surface area contributed by atoms with E-state index in [-0.39, 0.29) is 54.3 Å². The molecule has 2 aromatic heterocycles. The molecule has 1 unspecified atom stereocenters. The van der Waals surface area contributed by atoms with Gasteiger partial charge in [-0.1, -0.05) is 24.3 Å². The van der Waals surface area contributed by atoms with Gasteiger partial charge in [0.05, 0.1) is 76.1 Å². The summed E-state index contributed by atoms with van der Waals surface area (Å²) in [6, 6.07) is 16.4. The number of hydrogen-bond donors (Lipinski definition) is 3. The molecule has 3 N–H and O–H groups in total. The number of piperazine rings is 1. The van der Waals surface area contributed by atoms with E-state index in [0.29, 0.717) is 93.9 Å². The molecule has 8 rings (SSSR count). The molecule has 2 fully saturated rings. The van der Waals surface area contributed by atoms with Crippen LogP contribution in [0.3, 0.4) is 0 Å². The maximum absolute atomic E-state index is 14.8. The maximum Gasteiger partial charge on any atom is 0.264 e. The number of nitrogens with one attached hydrogen (secondary N) is 3. The number of fused-ring (bicyclic) bond motifs is 2. The molecule has 5 amide bonds. The smallest absolute Gasteiger partial charge is 0.264 e. The Morgan fingerprint density at radius 3 is 2.33 bits per heavy atom. The van der Waals surface area contributed by atoms with Gasteiger partial charge in [0.1, 0.15) is 34.3 Å². The second kappa shape index (κ2) is 19.5. The first-order valence-electron chi connectivity index (χ1n) is 20.7. The van der Waals surface area contributed by atoms with Crippen molar-refractivity contribution in [3.63, 3.8) is 0 Å². The molecule has 2 saturated heterocycles. The van der Waals surface area contributed by atoms with Crippen molar-refractivity contribution in [2.75, 3.05) is 89.7 Å². The molecule has 1 atom stereocenters. The van der Waals surface area contributed by atoms with Gasteiger partial charge in [-0.05, 0) is 42.8 Å². The van der Waals surface area contributed by atoms with E-state index in [1.807, 2.05) is 29.2 Å². The number of carbonyl (C=O) groups is 5. The van der Waals surface area contributed by atoms with Gasteiger partial charge in [0.2, 0.25) is 17.7 Å². The minimum atomic E-state index is -1.03. The van der Waals surface area contributed by atoms with Gasteiger partial charge in [-0.25, -0.2) is 14.4 Å². The van der Waals surface area contributed by atoms with Crippen molar-refractivity contribution < 1.29 is 47.3 Å². The van der Waals surface area contributed by atoms with Gasteiger partial charge in [-0.3, -0.25) is 39.3 Å². The normalized spacial score (nSPS) is 16.5. The maximum atomic E-state index is 14.8. The Morgan fingerprint density at radius 2 is 1.59 bits per heavy atom. The van der Waals surface area contributed by atoms with Crippen LogP contribution in [-0.2, 0) is 28.6 Å². The summed E-state index contributed by atoms with van der Waals surface area (Å²) in [7, 11) is 1.47. The highest BCUT2D eigenvalue weighted by Crippen LogP contribution is 2.34. The van der Waals surface area contributed by atoms with Gasteiger partial charge in [-0.15, -0.1) is 0 Å². The number of imide groups is 2. The van der Waals surface area contributed by atoms with Crippen LogP contribution >= 0.6 is 0 Å². The fourth-order valence-corrected chi connectivity index (χ4v) is 7.85. The van der Waals surface area contributed by atoms with Crippen LogP contribution in [0.1, 0.15) is 40.0 Å². The average molecular weight is 864 g/mol. The highest BCUT2D eigenvalue weighted by Gasteiger charge is 2.45. The first-order valence-corrected chi connectivity index (χ1v) is 20.7. The zero-order valence-electron chi connectivity index (χ0n) is 34.6. The summed E-state index contributed by atoms with van der Waals surface area (Å²) >= 11 is 0. The van der Waals surface area contributed by atoms with E-state index in [2.05, 4.69) is 35.7 Å². The van der Waals surface area contributed by atoms with Crippen molar-refractivity contribution in [1.29, 1.82) is 0 Å². The zero-order valence-corrected chi connectivity index (χ0v) is 34.6. The second-order valence-corrected chi connectivity index (χ2v) is 14.9. The lowest BCUT2D eigenvalue weighted by Crippen LogP contribution is -2.54. The molecular formula is C44H46FN9O9. The molecule has 3 aliphatic heterocycles.